The van der Waals surface area contributed by atoms with Crippen molar-refractivity contribution < 1.29 is 4.74 Å². The Balaban J connectivity index is 2.43. The smallest absolute Gasteiger partial charge is 0.169 e. The summed E-state index contributed by atoms with van der Waals surface area (Å²) < 4.78 is 6.95. The molecule has 0 atom stereocenters. The number of methoxy groups -OCH3 is 1. The number of rotatable bonds is 5. The minimum absolute atomic E-state index is 0.499. The van der Waals surface area contributed by atoms with E-state index in [1.807, 2.05) is 29.8 Å². The van der Waals surface area contributed by atoms with Crippen LogP contribution in [0.2, 0.25) is 0 Å². The molecule has 18 heavy (non-hydrogen) atoms. The van der Waals surface area contributed by atoms with Gasteiger partial charge in [-0.25, -0.2) is 4.68 Å². The minimum atomic E-state index is 0.499. The van der Waals surface area contributed by atoms with Crippen LogP contribution in [-0.2, 0) is 17.6 Å². The second kappa shape index (κ2) is 5.64. The van der Waals surface area contributed by atoms with E-state index in [0.717, 1.165) is 24.2 Å². The maximum absolute atomic E-state index is 5.82. The normalized spacial score (nSPS) is 10.8. The molecule has 0 saturated carbocycles. The summed E-state index contributed by atoms with van der Waals surface area (Å²) in [4.78, 5) is 0. The lowest BCUT2D eigenvalue weighted by atomic mass is 10.1. The lowest BCUT2D eigenvalue weighted by molar-refractivity contribution is 0.202. The zero-order chi connectivity index (χ0) is 13.0. The number of para-hydroxylation sites is 1. The topological polar surface area (TPSA) is 66.0 Å². The number of ether oxygens (including phenoxy) is 1. The summed E-state index contributed by atoms with van der Waals surface area (Å²) in [6.45, 7) is 2.73. The van der Waals surface area contributed by atoms with Gasteiger partial charge in [-0.3, -0.25) is 0 Å². The van der Waals surface area contributed by atoms with Crippen LogP contribution in [-0.4, -0.2) is 28.7 Å². The molecule has 5 heteroatoms. The standard InChI is InChI=1S/C13H18N4O/c1-3-11-13(14)15-16-17(11)12-7-5-4-6-10(12)8-9-18-2/h4-7H,3,8-9,14H2,1-2H3. The minimum Gasteiger partial charge on any atom is -0.384 e. The summed E-state index contributed by atoms with van der Waals surface area (Å²) >= 11 is 0. The number of hydrogen-bond acceptors (Lipinski definition) is 4. The van der Waals surface area contributed by atoms with Gasteiger partial charge >= 0.3 is 0 Å². The third-order valence-electron chi connectivity index (χ3n) is 2.92. The molecule has 0 radical (unpaired) electrons. The van der Waals surface area contributed by atoms with Crippen LogP contribution in [0.25, 0.3) is 5.69 Å². The van der Waals surface area contributed by atoms with Gasteiger partial charge in [0.05, 0.1) is 18.0 Å². The Labute approximate surface area is 107 Å². The molecule has 0 aliphatic rings. The summed E-state index contributed by atoms with van der Waals surface area (Å²) in [5.74, 6) is 0.499. The molecule has 1 aromatic heterocycles. The maximum Gasteiger partial charge on any atom is 0.169 e. The van der Waals surface area contributed by atoms with E-state index in [4.69, 9.17) is 10.5 Å². The molecule has 1 aromatic carbocycles. The van der Waals surface area contributed by atoms with Crippen molar-refractivity contribution >= 4 is 5.82 Å². The van der Waals surface area contributed by atoms with Crippen LogP contribution in [0, 0.1) is 0 Å². The third kappa shape index (κ3) is 2.36. The third-order valence-corrected chi connectivity index (χ3v) is 2.92. The summed E-state index contributed by atoms with van der Waals surface area (Å²) in [5, 5.41) is 8.07. The molecular formula is C13H18N4O. The van der Waals surface area contributed by atoms with Crippen LogP contribution in [0.3, 0.4) is 0 Å². The van der Waals surface area contributed by atoms with Crippen LogP contribution in [0.4, 0.5) is 5.82 Å². The van der Waals surface area contributed by atoms with Gasteiger partial charge in [0, 0.05) is 7.11 Å². The van der Waals surface area contributed by atoms with E-state index >= 15 is 0 Å². The number of nitrogens with zero attached hydrogens (tertiary/aromatic N) is 3. The number of aromatic nitrogens is 3. The van der Waals surface area contributed by atoms with Gasteiger partial charge in [0.25, 0.3) is 0 Å². The summed E-state index contributed by atoms with van der Waals surface area (Å²) in [5.41, 5.74) is 8.97. The Kier molecular flexibility index (Phi) is 3.94. The molecule has 0 aliphatic heterocycles. The molecule has 2 rings (SSSR count). The van der Waals surface area contributed by atoms with Crippen LogP contribution in [0.5, 0.6) is 0 Å². The van der Waals surface area contributed by atoms with Crippen molar-refractivity contribution in [1.29, 1.82) is 0 Å². The number of nitrogen functional groups attached to an aromatic ring is 1. The molecule has 2 N–H and O–H groups in total. The highest BCUT2D eigenvalue weighted by molar-refractivity contribution is 5.45. The van der Waals surface area contributed by atoms with E-state index < -0.39 is 0 Å². The highest BCUT2D eigenvalue weighted by atomic mass is 16.5. The Morgan fingerprint density at radius 3 is 2.83 bits per heavy atom. The molecule has 0 unspecified atom stereocenters. The number of nitrogens with two attached hydrogens (primary N) is 1. The Morgan fingerprint density at radius 1 is 1.33 bits per heavy atom. The largest absolute Gasteiger partial charge is 0.384 e. The summed E-state index contributed by atoms with van der Waals surface area (Å²) in [7, 11) is 1.70. The number of hydrogen-bond donors (Lipinski definition) is 1. The molecule has 0 spiro atoms. The van der Waals surface area contributed by atoms with Crippen molar-refractivity contribution in [3.8, 4) is 5.69 Å². The van der Waals surface area contributed by atoms with Crippen LogP contribution in [0.1, 0.15) is 18.2 Å². The van der Waals surface area contributed by atoms with Crippen molar-refractivity contribution in [3.05, 3.63) is 35.5 Å². The first-order valence-corrected chi connectivity index (χ1v) is 6.05. The SMILES string of the molecule is CCc1c(N)nnn1-c1ccccc1CCOC. The molecule has 0 saturated heterocycles. The average Bonchev–Trinajstić information content (AvgIpc) is 2.77. The molecule has 5 nitrogen and oxygen atoms in total. The number of anilines is 1. The zero-order valence-electron chi connectivity index (χ0n) is 10.8. The number of benzene rings is 1. The lowest BCUT2D eigenvalue weighted by Gasteiger charge is -2.10. The first kappa shape index (κ1) is 12.6. The molecule has 0 fully saturated rings. The summed E-state index contributed by atoms with van der Waals surface area (Å²) in [6.07, 6.45) is 1.65. The van der Waals surface area contributed by atoms with E-state index in [-0.39, 0.29) is 0 Å². The zero-order valence-corrected chi connectivity index (χ0v) is 10.8. The molecule has 2 aromatic rings. The van der Waals surface area contributed by atoms with Gasteiger partial charge in [0.15, 0.2) is 5.82 Å². The van der Waals surface area contributed by atoms with E-state index in [9.17, 15) is 0 Å². The fraction of sp³-hybridized carbons (Fsp3) is 0.385. The molecule has 0 bridgehead atoms. The van der Waals surface area contributed by atoms with Crippen molar-refractivity contribution in [2.75, 3.05) is 19.5 Å². The van der Waals surface area contributed by atoms with Crippen molar-refractivity contribution in [3.63, 3.8) is 0 Å². The van der Waals surface area contributed by atoms with Crippen molar-refractivity contribution in [1.82, 2.24) is 15.0 Å². The molecule has 0 aliphatic carbocycles. The van der Waals surface area contributed by atoms with E-state index in [0.29, 0.717) is 12.4 Å². The van der Waals surface area contributed by atoms with Gasteiger partial charge in [-0.2, -0.15) is 0 Å². The van der Waals surface area contributed by atoms with E-state index in [1.54, 1.807) is 7.11 Å². The van der Waals surface area contributed by atoms with Gasteiger partial charge in [0.2, 0.25) is 0 Å². The Morgan fingerprint density at radius 2 is 2.11 bits per heavy atom. The van der Waals surface area contributed by atoms with Gasteiger partial charge in [-0.15, -0.1) is 5.10 Å². The van der Waals surface area contributed by atoms with Crippen LogP contribution < -0.4 is 5.73 Å². The van der Waals surface area contributed by atoms with Crippen molar-refractivity contribution in [2.45, 2.75) is 19.8 Å². The second-order valence-corrected chi connectivity index (χ2v) is 4.06. The predicted molar refractivity (Wildman–Crippen MR) is 70.7 cm³/mol. The first-order chi connectivity index (χ1) is 8.77. The predicted octanol–water partition coefficient (Wildman–Crippen LogP) is 1.60. The first-order valence-electron chi connectivity index (χ1n) is 6.05. The Hall–Kier alpha value is -1.88. The monoisotopic (exact) mass is 246 g/mol. The van der Waals surface area contributed by atoms with Gasteiger partial charge in [-0.05, 0) is 24.5 Å². The average molecular weight is 246 g/mol. The van der Waals surface area contributed by atoms with Crippen LogP contribution in [0.15, 0.2) is 24.3 Å². The van der Waals surface area contributed by atoms with E-state index in [1.165, 1.54) is 5.56 Å². The quantitative estimate of drug-likeness (QED) is 0.870. The van der Waals surface area contributed by atoms with Gasteiger partial charge < -0.3 is 10.5 Å². The molecule has 0 amide bonds. The second-order valence-electron chi connectivity index (χ2n) is 4.06. The highest BCUT2D eigenvalue weighted by Gasteiger charge is 2.12. The van der Waals surface area contributed by atoms with Crippen molar-refractivity contribution in [2.24, 2.45) is 0 Å². The molecular weight excluding hydrogens is 228 g/mol. The summed E-state index contributed by atoms with van der Waals surface area (Å²) in [6, 6.07) is 8.10. The molecule has 96 valence electrons. The lowest BCUT2D eigenvalue weighted by Crippen LogP contribution is -2.07. The fourth-order valence-corrected chi connectivity index (χ4v) is 1.98. The van der Waals surface area contributed by atoms with Gasteiger partial charge in [-0.1, -0.05) is 30.3 Å². The van der Waals surface area contributed by atoms with Crippen LogP contribution >= 0.6 is 0 Å². The Bertz CT molecular complexity index is 521. The van der Waals surface area contributed by atoms with E-state index in [2.05, 4.69) is 16.4 Å². The van der Waals surface area contributed by atoms with Gasteiger partial charge in [0.1, 0.15) is 0 Å². The molecule has 1 heterocycles. The highest BCUT2D eigenvalue weighted by Crippen LogP contribution is 2.19. The fourth-order valence-electron chi connectivity index (χ4n) is 1.98. The maximum atomic E-state index is 5.82.